The summed E-state index contributed by atoms with van der Waals surface area (Å²) in [6.45, 7) is 0. The lowest BCUT2D eigenvalue weighted by molar-refractivity contribution is -0.383. The summed E-state index contributed by atoms with van der Waals surface area (Å²) < 4.78 is 10.3. The maximum Gasteiger partial charge on any atom is 0.292 e. The molecule has 120 valence electrons. The van der Waals surface area contributed by atoms with E-state index in [1.165, 1.54) is 26.4 Å². The van der Waals surface area contributed by atoms with E-state index in [4.69, 9.17) is 9.47 Å². The highest BCUT2D eigenvalue weighted by Gasteiger charge is 2.15. The number of nitrogens with one attached hydrogen (secondary N) is 1. The van der Waals surface area contributed by atoms with Gasteiger partial charge in [0, 0.05) is 6.07 Å². The molecule has 0 spiro atoms. The van der Waals surface area contributed by atoms with Crippen LogP contribution >= 0.6 is 0 Å². The van der Waals surface area contributed by atoms with E-state index in [2.05, 4.69) is 5.32 Å². The van der Waals surface area contributed by atoms with E-state index in [-0.39, 0.29) is 23.7 Å². The fraction of sp³-hybridized carbons (Fsp3) is 0.188. The van der Waals surface area contributed by atoms with E-state index >= 15 is 0 Å². The minimum atomic E-state index is -0.536. The van der Waals surface area contributed by atoms with Gasteiger partial charge in [0.15, 0.2) is 11.5 Å². The number of nitro benzene ring substituents is 1. The number of para-hydroxylation sites is 2. The Morgan fingerprint density at radius 1 is 1.13 bits per heavy atom. The number of nitro groups is 1. The van der Waals surface area contributed by atoms with Crippen molar-refractivity contribution in [2.24, 2.45) is 0 Å². The van der Waals surface area contributed by atoms with Gasteiger partial charge in [-0.05, 0) is 23.8 Å². The molecule has 7 heteroatoms. The molecule has 0 fully saturated rings. The van der Waals surface area contributed by atoms with Gasteiger partial charge >= 0.3 is 0 Å². The number of carbonyl (C=O) groups excluding carboxylic acids is 1. The Kier molecular flexibility index (Phi) is 5.14. The van der Waals surface area contributed by atoms with Crippen molar-refractivity contribution in [1.82, 2.24) is 0 Å². The van der Waals surface area contributed by atoms with E-state index in [1.54, 1.807) is 30.3 Å². The maximum atomic E-state index is 12.1. The topological polar surface area (TPSA) is 90.7 Å². The fourth-order valence-corrected chi connectivity index (χ4v) is 2.11. The Hall–Kier alpha value is -3.09. The summed E-state index contributed by atoms with van der Waals surface area (Å²) in [5, 5.41) is 13.5. The highest BCUT2D eigenvalue weighted by Crippen LogP contribution is 2.28. The molecule has 2 aromatic carbocycles. The molecule has 7 nitrogen and oxygen atoms in total. The van der Waals surface area contributed by atoms with Crippen molar-refractivity contribution in [3.05, 3.63) is 58.1 Å². The van der Waals surface area contributed by atoms with Crippen LogP contribution in [0, 0.1) is 10.1 Å². The van der Waals surface area contributed by atoms with Crippen molar-refractivity contribution in [2.45, 2.75) is 6.42 Å². The molecule has 23 heavy (non-hydrogen) atoms. The first-order valence-corrected chi connectivity index (χ1v) is 6.79. The maximum absolute atomic E-state index is 12.1. The predicted octanol–water partition coefficient (Wildman–Crippen LogP) is 2.79. The molecule has 0 aliphatic heterocycles. The van der Waals surface area contributed by atoms with Crippen LogP contribution in [-0.2, 0) is 11.2 Å². The smallest absolute Gasteiger partial charge is 0.292 e. The number of benzene rings is 2. The second kappa shape index (κ2) is 7.26. The third-order valence-corrected chi connectivity index (χ3v) is 3.19. The summed E-state index contributed by atoms with van der Waals surface area (Å²) in [7, 11) is 3.04. The van der Waals surface area contributed by atoms with Gasteiger partial charge in [-0.3, -0.25) is 14.9 Å². The number of ether oxygens (including phenoxy) is 2. The largest absolute Gasteiger partial charge is 0.493 e. The Bertz CT molecular complexity index is 730. The molecule has 0 aliphatic rings. The zero-order chi connectivity index (χ0) is 16.8. The molecule has 0 aliphatic carbocycles. The number of rotatable bonds is 6. The molecule has 0 saturated carbocycles. The average Bonchev–Trinajstić information content (AvgIpc) is 2.54. The van der Waals surface area contributed by atoms with Gasteiger partial charge in [-0.15, -0.1) is 0 Å². The van der Waals surface area contributed by atoms with Crippen LogP contribution in [0.25, 0.3) is 0 Å². The summed E-state index contributed by atoms with van der Waals surface area (Å²) in [4.78, 5) is 22.5. The second-order valence-corrected chi connectivity index (χ2v) is 4.69. The van der Waals surface area contributed by atoms with Gasteiger partial charge < -0.3 is 14.8 Å². The molecule has 2 aromatic rings. The summed E-state index contributed by atoms with van der Waals surface area (Å²) in [6.07, 6.45) is 0.0619. The van der Waals surface area contributed by atoms with E-state index in [9.17, 15) is 14.9 Å². The van der Waals surface area contributed by atoms with Gasteiger partial charge in [-0.2, -0.15) is 0 Å². The SMILES string of the molecule is COc1ccc(CC(=O)Nc2ccccc2[N+](=O)[O-])cc1OC. The van der Waals surface area contributed by atoms with Crippen LogP contribution < -0.4 is 14.8 Å². The highest BCUT2D eigenvalue weighted by molar-refractivity contribution is 5.94. The predicted molar refractivity (Wildman–Crippen MR) is 85.0 cm³/mol. The molecule has 0 atom stereocenters. The summed E-state index contributed by atoms with van der Waals surface area (Å²) in [5.74, 6) is 0.727. The Labute approximate surface area is 133 Å². The third kappa shape index (κ3) is 3.97. The summed E-state index contributed by atoms with van der Waals surface area (Å²) in [5.41, 5.74) is 0.731. The molecular weight excluding hydrogens is 300 g/mol. The van der Waals surface area contributed by atoms with Gasteiger partial charge in [-0.1, -0.05) is 18.2 Å². The number of nitrogens with zero attached hydrogens (tertiary/aromatic N) is 1. The zero-order valence-corrected chi connectivity index (χ0v) is 12.7. The van der Waals surface area contributed by atoms with Crippen LogP contribution in [0.5, 0.6) is 11.5 Å². The van der Waals surface area contributed by atoms with Crippen LogP contribution in [0.4, 0.5) is 11.4 Å². The van der Waals surface area contributed by atoms with Crippen LogP contribution in [0.1, 0.15) is 5.56 Å². The van der Waals surface area contributed by atoms with Gasteiger partial charge in [0.1, 0.15) is 5.69 Å². The fourth-order valence-electron chi connectivity index (χ4n) is 2.11. The second-order valence-electron chi connectivity index (χ2n) is 4.69. The Morgan fingerprint density at radius 3 is 2.48 bits per heavy atom. The van der Waals surface area contributed by atoms with Gasteiger partial charge in [-0.25, -0.2) is 0 Å². The minimum Gasteiger partial charge on any atom is -0.493 e. The molecule has 2 rings (SSSR count). The first-order valence-electron chi connectivity index (χ1n) is 6.79. The minimum absolute atomic E-state index is 0.0619. The standard InChI is InChI=1S/C16H16N2O5/c1-22-14-8-7-11(9-15(14)23-2)10-16(19)17-12-5-3-4-6-13(12)18(20)21/h3-9H,10H2,1-2H3,(H,17,19). The molecule has 1 amide bonds. The summed E-state index contributed by atoms with van der Waals surface area (Å²) >= 11 is 0. The van der Waals surface area contributed by atoms with Crippen molar-refractivity contribution in [3.63, 3.8) is 0 Å². The first kappa shape index (κ1) is 16.3. The number of amides is 1. The average molecular weight is 316 g/mol. The molecular formula is C16H16N2O5. The van der Waals surface area contributed by atoms with Crippen LogP contribution in [0.15, 0.2) is 42.5 Å². The highest BCUT2D eigenvalue weighted by atomic mass is 16.6. The van der Waals surface area contributed by atoms with Crippen molar-refractivity contribution >= 4 is 17.3 Å². The number of methoxy groups -OCH3 is 2. The number of hydrogen-bond acceptors (Lipinski definition) is 5. The van der Waals surface area contributed by atoms with Gasteiger partial charge in [0.25, 0.3) is 5.69 Å². The van der Waals surface area contributed by atoms with Crippen molar-refractivity contribution < 1.29 is 19.2 Å². The molecule has 0 aromatic heterocycles. The third-order valence-electron chi connectivity index (χ3n) is 3.19. The molecule has 0 heterocycles. The van der Waals surface area contributed by atoms with E-state index in [0.29, 0.717) is 17.1 Å². The van der Waals surface area contributed by atoms with Gasteiger partial charge in [0.05, 0.1) is 25.6 Å². The molecule has 0 saturated heterocycles. The van der Waals surface area contributed by atoms with Crippen molar-refractivity contribution in [3.8, 4) is 11.5 Å². The monoisotopic (exact) mass is 316 g/mol. The molecule has 0 bridgehead atoms. The van der Waals surface area contributed by atoms with Crippen molar-refractivity contribution in [2.75, 3.05) is 19.5 Å². The molecule has 0 unspecified atom stereocenters. The number of hydrogen-bond donors (Lipinski definition) is 1. The van der Waals surface area contributed by atoms with Crippen LogP contribution in [-0.4, -0.2) is 25.1 Å². The zero-order valence-electron chi connectivity index (χ0n) is 12.7. The normalized spacial score (nSPS) is 10.0. The quantitative estimate of drug-likeness (QED) is 0.653. The first-order chi connectivity index (χ1) is 11.0. The Morgan fingerprint density at radius 2 is 1.83 bits per heavy atom. The van der Waals surface area contributed by atoms with E-state index in [1.807, 2.05) is 0 Å². The number of anilines is 1. The lowest BCUT2D eigenvalue weighted by Gasteiger charge is -2.10. The summed E-state index contributed by atoms with van der Waals surface area (Å²) in [6, 6.07) is 11.1. The van der Waals surface area contributed by atoms with Gasteiger partial charge in [0.2, 0.25) is 5.91 Å². The number of carbonyl (C=O) groups is 1. The van der Waals surface area contributed by atoms with E-state index < -0.39 is 4.92 Å². The van der Waals surface area contributed by atoms with Crippen LogP contribution in [0.3, 0.4) is 0 Å². The van der Waals surface area contributed by atoms with Crippen molar-refractivity contribution in [1.29, 1.82) is 0 Å². The lowest BCUT2D eigenvalue weighted by atomic mass is 10.1. The Balaban J connectivity index is 2.13. The lowest BCUT2D eigenvalue weighted by Crippen LogP contribution is -2.15. The molecule has 0 radical (unpaired) electrons. The van der Waals surface area contributed by atoms with E-state index in [0.717, 1.165) is 0 Å². The molecule has 1 N–H and O–H groups in total. The van der Waals surface area contributed by atoms with Crippen LogP contribution in [0.2, 0.25) is 0 Å².